The van der Waals surface area contributed by atoms with Gasteiger partial charge in [0, 0.05) is 0 Å². The van der Waals surface area contributed by atoms with E-state index in [0.29, 0.717) is 0 Å². The van der Waals surface area contributed by atoms with Gasteiger partial charge in [0.15, 0.2) is 0 Å². The molecule has 0 spiro atoms. The van der Waals surface area contributed by atoms with Gasteiger partial charge >= 0.3 is 74.9 Å². The van der Waals surface area contributed by atoms with Crippen LogP contribution in [0.2, 0.25) is 0 Å². The number of rotatable bonds is 0. The summed E-state index contributed by atoms with van der Waals surface area (Å²) in [6, 6.07) is 12.4. The molecule has 1 heterocycles. The predicted octanol–water partition coefficient (Wildman–Crippen LogP) is 1.98. The van der Waals surface area contributed by atoms with Gasteiger partial charge in [-0.3, -0.25) is 0 Å². The van der Waals surface area contributed by atoms with Gasteiger partial charge in [0.05, 0.1) is 0 Å². The third-order valence-electron chi connectivity index (χ3n) is 1.66. The molecule has 2 rings (SSSR count). The fraction of sp³-hybridized carbons (Fsp3) is 0. The molecule has 0 atom stereocenters. The first-order chi connectivity index (χ1) is 5.36. The van der Waals surface area contributed by atoms with Crippen LogP contribution in [0.3, 0.4) is 0 Å². The summed E-state index contributed by atoms with van der Waals surface area (Å²) in [5, 5.41) is 1.23. The van der Waals surface area contributed by atoms with Gasteiger partial charge in [0.25, 0.3) is 0 Å². The number of nitrogens with zero attached hydrogens (tertiary/aromatic N) is 1. The minimum atomic E-state index is 0. The van der Waals surface area contributed by atoms with E-state index in [1.165, 1.54) is 9.67 Å². The molecule has 57 valence electrons. The number of aromatic nitrogens is 1. The second kappa shape index (κ2) is 4.11. The van der Waals surface area contributed by atoms with Gasteiger partial charge in [-0.05, 0) is 0 Å². The Bertz CT molecular complexity index is 389. The molecule has 0 amide bonds. The normalized spacial score (nSPS) is 9.50. The SMILES string of the molecule is Br.[Zn][c]1ccc2ccccc2n1. The Balaban J connectivity index is 0.000000720. The first-order valence-electron chi connectivity index (χ1n) is 3.54. The van der Waals surface area contributed by atoms with Gasteiger partial charge in [-0.1, -0.05) is 0 Å². The fourth-order valence-electron chi connectivity index (χ4n) is 1.11. The van der Waals surface area contributed by atoms with Crippen molar-refractivity contribution in [3.63, 3.8) is 0 Å². The Morgan fingerprint density at radius 2 is 1.75 bits per heavy atom. The van der Waals surface area contributed by atoms with Crippen LogP contribution >= 0.6 is 17.0 Å². The number of pyridine rings is 1. The van der Waals surface area contributed by atoms with E-state index in [2.05, 4.69) is 29.2 Å². The summed E-state index contributed by atoms with van der Waals surface area (Å²) in [6.45, 7) is 0. The molecule has 3 heteroatoms. The van der Waals surface area contributed by atoms with E-state index >= 15 is 0 Å². The average Bonchev–Trinajstić information content (AvgIpc) is 2.04. The summed E-state index contributed by atoms with van der Waals surface area (Å²) in [7, 11) is 0. The molecule has 12 heavy (non-hydrogen) atoms. The Labute approximate surface area is 91.6 Å². The monoisotopic (exact) mass is 272 g/mol. The van der Waals surface area contributed by atoms with Gasteiger partial charge in [0.1, 0.15) is 0 Å². The maximum absolute atomic E-state index is 4.43. The molecule has 0 bridgehead atoms. The van der Waals surface area contributed by atoms with E-state index in [1.54, 1.807) is 0 Å². The van der Waals surface area contributed by atoms with Crippen molar-refractivity contribution in [3.05, 3.63) is 36.4 Å². The molecule has 0 radical (unpaired) electrons. The standard InChI is InChI=1S/C9H6N.BrH.Zn/c1-2-6-9-8(4-1)5-3-7-10-9;;/h1-6H;1H;. The topological polar surface area (TPSA) is 12.9 Å². The molecule has 0 aliphatic rings. The first kappa shape index (κ1) is 9.82. The van der Waals surface area contributed by atoms with Crippen LogP contribution in [0.15, 0.2) is 36.4 Å². The summed E-state index contributed by atoms with van der Waals surface area (Å²) >= 11 is 1.13. The Morgan fingerprint density at radius 1 is 1.00 bits per heavy atom. The maximum atomic E-state index is 4.43. The van der Waals surface area contributed by atoms with Crippen molar-refractivity contribution in [2.45, 2.75) is 0 Å². The van der Waals surface area contributed by atoms with Crippen LogP contribution in [-0.2, 0) is 18.3 Å². The summed E-state index contributed by atoms with van der Waals surface area (Å²) in [5.74, 6) is 0. The molecule has 2 aromatic rings. The number of hydrogen-bond acceptors (Lipinski definition) is 1. The van der Waals surface area contributed by atoms with Gasteiger partial charge < -0.3 is 0 Å². The molecule has 0 saturated carbocycles. The zero-order valence-corrected chi connectivity index (χ0v) is 11.2. The molecule has 0 aliphatic heterocycles. The zero-order chi connectivity index (χ0) is 7.68. The van der Waals surface area contributed by atoms with Crippen molar-refractivity contribution in [2.24, 2.45) is 0 Å². The average molecular weight is 274 g/mol. The van der Waals surface area contributed by atoms with E-state index in [-0.39, 0.29) is 17.0 Å². The molecular weight excluding hydrogens is 267 g/mol. The molecule has 0 saturated heterocycles. The number of hydrogen-bond donors (Lipinski definition) is 0. The second-order valence-electron chi connectivity index (χ2n) is 2.50. The van der Waals surface area contributed by atoms with Crippen molar-refractivity contribution in [1.82, 2.24) is 4.98 Å². The molecule has 0 aliphatic carbocycles. The minimum absolute atomic E-state index is 0. The van der Waals surface area contributed by atoms with Gasteiger partial charge in [-0.15, -0.1) is 17.0 Å². The Hall–Kier alpha value is -0.267. The number of halogens is 1. The Morgan fingerprint density at radius 3 is 2.58 bits per heavy atom. The van der Waals surface area contributed by atoms with Gasteiger partial charge in [-0.2, -0.15) is 0 Å². The van der Waals surface area contributed by atoms with Crippen LogP contribution in [-0.4, -0.2) is 4.98 Å². The van der Waals surface area contributed by atoms with Crippen molar-refractivity contribution in [1.29, 1.82) is 0 Å². The number of fused-ring (bicyclic) bond motifs is 1. The van der Waals surface area contributed by atoms with Crippen LogP contribution in [0, 0.1) is 0 Å². The van der Waals surface area contributed by atoms with Crippen LogP contribution in [0.1, 0.15) is 0 Å². The molecule has 1 aromatic carbocycles. The molecule has 0 N–H and O–H groups in total. The molecule has 1 aromatic heterocycles. The van der Waals surface area contributed by atoms with Gasteiger partial charge in [0.2, 0.25) is 0 Å². The third-order valence-corrected chi connectivity index (χ3v) is 2.48. The van der Waals surface area contributed by atoms with Crippen LogP contribution < -0.4 is 4.29 Å². The van der Waals surface area contributed by atoms with E-state index in [4.69, 9.17) is 0 Å². The predicted molar refractivity (Wildman–Crippen MR) is 51.7 cm³/mol. The van der Waals surface area contributed by atoms with E-state index in [1.807, 2.05) is 12.1 Å². The van der Waals surface area contributed by atoms with Crippen LogP contribution in [0.4, 0.5) is 0 Å². The summed E-state index contributed by atoms with van der Waals surface area (Å²) < 4.78 is 1.20. The van der Waals surface area contributed by atoms with Gasteiger partial charge in [-0.25, -0.2) is 0 Å². The quantitative estimate of drug-likeness (QED) is 0.670. The molecular formula is C9H7BrNZn. The molecule has 0 unspecified atom stereocenters. The first-order valence-corrected chi connectivity index (χ1v) is 5.02. The molecule has 1 nitrogen and oxygen atoms in total. The van der Waals surface area contributed by atoms with Crippen molar-refractivity contribution in [2.75, 3.05) is 0 Å². The third kappa shape index (κ3) is 1.91. The Kier molecular flexibility index (Phi) is 3.36. The number of para-hydroxylation sites is 1. The fourth-order valence-corrected chi connectivity index (χ4v) is 1.71. The second-order valence-corrected chi connectivity index (χ2v) is 4.02. The van der Waals surface area contributed by atoms with E-state index < -0.39 is 0 Å². The van der Waals surface area contributed by atoms with Crippen LogP contribution in [0.25, 0.3) is 10.9 Å². The van der Waals surface area contributed by atoms with Crippen molar-refractivity contribution in [3.8, 4) is 0 Å². The summed E-state index contributed by atoms with van der Waals surface area (Å²) in [5.41, 5.74) is 1.11. The zero-order valence-electron chi connectivity index (χ0n) is 6.53. The number of benzene rings is 1. The molecule has 0 fully saturated rings. The van der Waals surface area contributed by atoms with Crippen LogP contribution in [0.5, 0.6) is 0 Å². The summed E-state index contributed by atoms with van der Waals surface area (Å²) in [4.78, 5) is 4.43. The van der Waals surface area contributed by atoms with Crippen molar-refractivity contribution < 1.29 is 18.3 Å². The summed E-state index contributed by atoms with van der Waals surface area (Å²) in [6.07, 6.45) is 0. The van der Waals surface area contributed by atoms with E-state index in [9.17, 15) is 0 Å². The van der Waals surface area contributed by atoms with Crippen molar-refractivity contribution >= 4 is 32.2 Å². The van der Waals surface area contributed by atoms with E-state index in [0.717, 1.165) is 23.8 Å².